The van der Waals surface area contributed by atoms with E-state index in [0.717, 1.165) is 15.2 Å². The minimum Gasteiger partial charge on any atom is -0.493 e. The molecule has 1 unspecified atom stereocenters. The van der Waals surface area contributed by atoms with Crippen LogP contribution < -0.4 is 19.6 Å². The molecular formula is C28H23BrN2O5. The summed E-state index contributed by atoms with van der Waals surface area (Å²) >= 11 is 3.34. The van der Waals surface area contributed by atoms with Crippen LogP contribution in [0.2, 0.25) is 0 Å². The summed E-state index contributed by atoms with van der Waals surface area (Å²) in [6.07, 6.45) is 0.709. The van der Waals surface area contributed by atoms with Gasteiger partial charge >= 0.3 is 5.97 Å². The molecule has 0 aromatic heterocycles. The van der Waals surface area contributed by atoms with Crippen molar-refractivity contribution in [3.63, 3.8) is 0 Å². The number of fused-ring (bicyclic) bond motifs is 1. The minimum atomic E-state index is -0.752. The van der Waals surface area contributed by atoms with E-state index >= 15 is 0 Å². The Morgan fingerprint density at radius 1 is 0.917 bits per heavy atom. The van der Waals surface area contributed by atoms with Crippen molar-refractivity contribution >= 4 is 44.8 Å². The van der Waals surface area contributed by atoms with Crippen LogP contribution in [0.15, 0.2) is 94.5 Å². The van der Waals surface area contributed by atoms with Crippen LogP contribution in [0.4, 0.5) is 0 Å². The van der Waals surface area contributed by atoms with E-state index in [1.807, 2.05) is 48.5 Å². The van der Waals surface area contributed by atoms with Crippen molar-refractivity contribution in [3.8, 4) is 17.2 Å². The number of halogens is 1. The number of ether oxygens (including phenoxy) is 3. The molecule has 0 spiro atoms. The third-order valence-electron chi connectivity index (χ3n) is 5.24. The third-order valence-corrected chi connectivity index (χ3v) is 5.74. The highest BCUT2D eigenvalue weighted by atomic mass is 79.9. The first-order valence-corrected chi connectivity index (χ1v) is 11.9. The van der Waals surface area contributed by atoms with E-state index in [-0.39, 0.29) is 5.75 Å². The Bertz CT molecular complexity index is 1440. The lowest BCUT2D eigenvalue weighted by Gasteiger charge is -2.13. The first kappa shape index (κ1) is 24.9. The Hall–Kier alpha value is -4.17. The summed E-state index contributed by atoms with van der Waals surface area (Å²) in [7, 11) is 1.47. The molecule has 1 atom stereocenters. The molecule has 0 aliphatic rings. The second-order valence-corrected chi connectivity index (χ2v) is 8.73. The van der Waals surface area contributed by atoms with E-state index < -0.39 is 18.0 Å². The molecule has 8 heteroatoms. The number of hydrazone groups is 1. The molecule has 0 fully saturated rings. The Morgan fingerprint density at radius 2 is 1.72 bits per heavy atom. The molecule has 36 heavy (non-hydrogen) atoms. The minimum absolute atomic E-state index is 0.265. The molecular weight excluding hydrogens is 524 g/mol. The van der Waals surface area contributed by atoms with Gasteiger partial charge in [0.2, 0.25) is 0 Å². The van der Waals surface area contributed by atoms with Crippen molar-refractivity contribution in [2.75, 3.05) is 7.11 Å². The van der Waals surface area contributed by atoms with Crippen LogP contribution in [0.1, 0.15) is 22.8 Å². The van der Waals surface area contributed by atoms with Crippen LogP contribution in [-0.2, 0) is 4.79 Å². The molecule has 0 bridgehead atoms. The van der Waals surface area contributed by atoms with Gasteiger partial charge in [0.1, 0.15) is 5.75 Å². The van der Waals surface area contributed by atoms with Crippen LogP contribution in [0.25, 0.3) is 10.8 Å². The topological polar surface area (TPSA) is 86.2 Å². The summed E-state index contributed by atoms with van der Waals surface area (Å²) in [6.45, 7) is 1.65. The Labute approximate surface area is 216 Å². The summed E-state index contributed by atoms with van der Waals surface area (Å²) in [5, 5.41) is 6.13. The molecule has 0 saturated carbocycles. The van der Waals surface area contributed by atoms with Gasteiger partial charge in [0.25, 0.3) is 5.91 Å². The molecule has 0 aliphatic carbocycles. The summed E-state index contributed by atoms with van der Waals surface area (Å²) in [4.78, 5) is 24.9. The average Bonchev–Trinajstić information content (AvgIpc) is 2.89. The van der Waals surface area contributed by atoms with Crippen LogP contribution in [0, 0.1) is 0 Å². The predicted molar refractivity (Wildman–Crippen MR) is 142 cm³/mol. The van der Waals surface area contributed by atoms with E-state index in [1.165, 1.54) is 13.3 Å². The maximum absolute atomic E-state index is 12.4. The molecule has 4 aromatic carbocycles. The Balaban J connectivity index is 1.35. The highest BCUT2D eigenvalue weighted by Crippen LogP contribution is 2.28. The first-order chi connectivity index (χ1) is 17.4. The number of carbonyl (C=O) groups is 2. The van der Waals surface area contributed by atoms with Crippen LogP contribution in [0.5, 0.6) is 17.2 Å². The molecule has 0 heterocycles. The lowest BCUT2D eigenvalue weighted by Crippen LogP contribution is -2.33. The SMILES string of the molecule is COc1cc(/C=N/NC(=O)C(C)Oc2ccc3ccccc3c2)ccc1OC(=O)c1cccc(Br)c1. The number of rotatable bonds is 8. The van der Waals surface area contributed by atoms with Gasteiger partial charge in [-0.15, -0.1) is 0 Å². The Morgan fingerprint density at radius 3 is 2.50 bits per heavy atom. The second kappa shape index (κ2) is 11.5. The number of methoxy groups -OCH3 is 1. The van der Waals surface area contributed by atoms with E-state index in [1.54, 1.807) is 43.3 Å². The maximum Gasteiger partial charge on any atom is 0.343 e. The lowest BCUT2D eigenvalue weighted by atomic mass is 10.1. The number of hydrogen-bond donors (Lipinski definition) is 1. The highest BCUT2D eigenvalue weighted by molar-refractivity contribution is 9.10. The molecule has 4 rings (SSSR count). The Kier molecular flexibility index (Phi) is 7.97. The zero-order valence-corrected chi connectivity index (χ0v) is 21.2. The molecule has 1 amide bonds. The molecule has 182 valence electrons. The molecule has 1 N–H and O–H groups in total. The molecule has 7 nitrogen and oxygen atoms in total. The van der Waals surface area contributed by atoms with Gasteiger partial charge in [0, 0.05) is 4.47 Å². The van der Waals surface area contributed by atoms with Crippen LogP contribution >= 0.6 is 15.9 Å². The third kappa shape index (κ3) is 6.28. The number of nitrogens with zero attached hydrogens (tertiary/aromatic N) is 1. The fourth-order valence-corrected chi connectivity index (χ4v) is 3.78. The number of nitrogens with one attached hydrogen (secondary N) is 1. The van der Waals surface area contributed by atoms with Gasteiger partial charge in [-0.2, -0.15) is 5.10 Å². The highest BCUT2D eigenvalue weighted by Gasteiger charge is 2.15. The van der Waals surface area contributed by atoms with E-state index in [4.69, 9.17) is 14.2 Å². The molecule has 0 radical (unpaired) electrons. The van der Waals surface area contributed by atoms with Crippen molar-refractivity contribution in [2.45, 2.75) is 13.0 Å². The number of esters is 1. The van der Waals surface area contributed by atoms with Gasteiger partial charge in [-0.3, -0.25) is 4.79 Å². The van der Waals surface area contributed by atoms with Gasteiger partial charge in [0.15, 0.2) is 17.6 Å². The van der Waals surface area contributed by atoms with Gasteiger partial charge < -0.3 is 14.2 Å². The molecule has 4 aromatic rings. The van der Waals surface area contributed by atoms with E-state index in [2.05, 4.69) is 26.5 Å². The van der Waals surface area contributed by atoms with Gasteiger partial charge in [-0.1, -0.05) is 52.3 Å². The summed E-state index contributed by atoms with van der Waals surface area (Å²) in [5.74, 6) is 0.301. The summed E-state index contributed by atoms with van der Waals surface area (Å²) in [6, 6.07) is 25.4. The summed E-state index contributed by atoms with van der Waals surface area (Å²) < 4.78 is 17.4. The van der Waals surface area contributed by atoms with Crippen LogP contribution in [0.3, 0.4) is 0 Å². The van der Waals surface area contributed by atoms with Gasteiger partial charge in [-0.05, 0) is 71.8 Å². The molecule has 0 aliphatic heterocycles. The van der Waals surface area contributed by atoms with E-state index in [0.29, 0.717) is 22.6 Å². The van der Waals surface area contributed by atoms with Crippen molar-refractivity contribution < 1.29 is 23.8 Å². The number of amides is 1. The zero-order valence-electron chi connectivity index (χ0n) is 19.6. The molecule has 0 saturated heterocycles. The maximum atomic E-state index is 12.4. The number of carbonyl (C=O) groups excluding carboxylic acids is 2. The summed E-state index contributed by atoms with van der Waals surface area (Å²) in [5.41, 5.74) is 3.51. The normalized spacial score (nSPS) is 11.8. The van der Waals surface area contributed by atoms with Gasteiger partial charge in [0.05, 0.1) is 18.9 Å². The van der Waals surface area contributed by atoms with Crippen molar-refractivity contribution in [1.29, 1.82) is 0 Å². The standard InChI is InChI=1S/C28H23BrN2O5/c1-18(35-24-12-11-20-6-3-4-7-21(20)16-24)27(32)31-30-17-19-10-13-25(26(14-19)34-2)36-28(33)22-8-5-9-23(29)15-22/h3-18H,1-2H3,(H,31,32)/b30-17+. The largest absolute Gasteiger partial charge is 0.493 e. The van der Waals surface area contributed by atoms with Crippen molar-refractivity contribution in [2.24, 2.45) is 5.10 Å². The lowest BCUT2D eigenvalue weighted by molar-refractivity contribution is -0.127. The number of benzene rings is 4. The second-order valence-electron chi connectivity index (χ2n) is 7.81. The quantitative estimate of drug-likeness (QED) is 0.132. The smallest absolute Gasteiger partial charge is 0.343 e. The van der Waals surface area contributed by atoms with Gasteiger partial charge in [-0.25, -0.2) is 10.2 Å². The van der Waals surface area contributed by atoms with Crippen LogP contribution in [-0.4, -0.2) is 31.3 Å². The average molecular weight is 547 g/mol. The first-order valence-electron chi connectivity index (χ1n) is 11.1. The number of hydrogen-bond acceptors (Lipinski definition) is 6. The fourth-order valence-electron chi connectivity index (χ4n) is 3.38. The van der Waals surface area contributed by atoms with Crippen molar-refractivity contribution in [3.05, 3.63) is 101 Å². The van der Waals surface area contributed by atoms with Crippen molar-refractivity contribution in [1.82, 2.24) is 5.43 Å². The van der Waals surface area contributed by atoms with E-state index in [9.17, 15) is 9.59 Å². The fraction of sp³-hybridized carbons (Fsp3) is 0.107. The monoisotopic (exact) mass is 546 g/mol. The zero-order chi connectivity index (χ0) is 25.5. The predicted octanol–water partition coefficient (Wildman–Crippen LogP) is 5.75.